The number of hydrogen-bond acceptors (Lipinski definition) is 12. The van der Waals surface area contributed by atoms with Gasteiger partial charge < -0.3 is 44.2 Å². The highest BCUT2D eigenvalue weighted by Crippen LogP contribution is 2.44. The number of ether oxygens (including phenoxy) is 6. The Bertz CT molecular complexity index is 1470. The maximum Gasteiger partial charge on any atom is 0.407 e. The monoisotopic (exact) mass is 656 g/mol. The SMILES string of the molecule is CC(=O)N[C@@H]1[C@H](OC[C@@H](NC(=O)OCC2c3ccccc3-c3ccccc32)C(=O)O)OC(COC(C)=O)[C@@H](OC(C)=O)[C@@H]1OC(C)=O. The minimum absolute atomic E-state index is 0.0666. The van der Waals surface area contributed by atoms with Crippen LogP contribution in [0.1, 0.15) is 44.7 Å². The first-order valence-corrected chi connectivity index (χ1v) is 14.7. The van der Waals surface area contributed by atoms with E-state index in [-0.39, 0.29) is 12.5 Å². The van der Waals surface area contributed by atoms with Crippen LogP contribution < -0.4 is 10.6 Å². The zero-order valence-corrected chi connectivity index (χ0v) is 26.1. The number of carbonyl (C=O) groups is 6. The molecule has 4 rings (SSSR count). The van der Waals surface area contributed by atoms with E-state index in [2.05, 4.69) is 10.6 Å². The molecule has 1 saturated heterocycles. The van der Waals surface area contributed by atoms with Gasteiger partial charge in [-0.3, -0.25) is 19.2 Å². The van der Waals surface area contributed by atoms with Crippen molar-refractivity contribution in [2.45, 2.75) is 70.3 Å². The van der Waals surface area contributed by atoms with Gasteiger partial charge in [-0.15, -0.1) is 0 Å². The lowest BCUT2D eigenvalue weighted by Gasteiger charge is -2.45. The predicted molar refractivity (Wildman–Crippen MR) is 160 cm³/mol. The second kappa shape index (κ2) is 15.5. The molecule has 6 atom stereocenters. The summed E-state index contributed by atoms with van der Waals surface area (Å²) in [7, 11) is 0. The van der Waals surface area contributed by atoms with Crippen molar-refractivity contribution < 1.29 is 62.3 Å². The zero-order valence-electron chi connectivity index (χ0n) is 26.1. The molecule has 1 fully saturated rings. The second-order valence-corrected chi connectivity index (χ2v) is 10.9. The lowest BCUT2D eigenvalue weighted by Crippen LogP contribution is -2.67. The topological polar surface area (TPSA) is 202 Å². The number of nitrogens with one attached hydrogen (secondary N) is 2. The van der Waals surface area contributed by atoms with Crippen LogP contribution in [0, 0.1) is 0 Å². The summed E-state index contributed by atoms with van der Waals surface area (Å²) in [6, 6.07) is 12.5. The Kier molecular flexibility index (Phi) is 11.5. The standard InChI is InChI=1S/C32H36N2O13/c1-16(35)33-27-29(46-19(4)38)28(45-18(3)37)26(15-42-17(2)36)47-31(27)43-14-25(30(39)40)34-32(41)44-13-24-22-11-7-5-9-20(22)21-10-6-8-12-23(21)24/h5-12,24-29,31H,13-15H2,1-4H3,(H,33,35)(H,34,41)(H,39,40)/t25-,26?,27+,28-,29-,31-/m1/s1. The molecule has 3 N–H and O–H groups in total. The van der Waals surface area contributed by atoms with Gasteiger partial charge in [0.15, 0.2) is 24.5 Å². The summed E-state index contributed by atoms with van der Waals surface area (Å²) in [4.78, 5) is 72.6. The van der Waals surface area contributed by atoms with Crippen LogP contribution in [-0.2, 0) is 52.4 Å². The van der Waals surface area contributed by atoms with E-state index < -0.39 is 85.8 Å². The van der Waals surface area contributed by atoms with Crippen LogP contribution in [0.25, 0.3) is 11.1 Å². The van der Waals surface area contributed by atoms with Gasteiger partial charge >= 0.3 is 30.0 Å². The van der Waals surface area contributed by atoms with E-state index in [0.29, 0.717) is 0 Å². The van der Waals surface area contributed by atoms with Crippen LogP contribution in [0.5, 0.6) is 0 Å². The number of alkyl carbamates (subject to hydrolysis) is 1. The third-order valence-corrected chi connectivity index (χ3v) is 7.43. The van der Waals surface area contributed by atoms with Crippen molar-refractivity contribution >= 4 is 35.9 Å². The summed E-state index contributed by atoms with van der Waals surface area (Å²) in [6.07, 6.45) is -6.58. The summed E-state index contributed by atoms with van der Waals surface area (Å²) in [5.74, 6) is -4.65. The molecule has 252 valence electrons. The quantitative estimate of drug-likeness (QED) is 0.220. The van der Waals surface area contributed by atoms with Crippen molar-refractivity contribution in [1.29, 1.82) is 0 Å². The molecule has 2 aliphatic rings. The van der Waals surface area contributed by atoms with Crippen molar-refractivity contribution in [2.75, 3.05) is 19.8 Å². The van der Waals surface area contributed by atoms with Gasteiger partial charge in [0.25, 0.3) is 0 Å². The first-order valence-electron chi connectivity index (χ1n) is 14.7. The molecule has 2 amide bonds. The van der Waals surface area contributed by atoms with E-state index >= 15 is 0 Å². The van der Waals surface area contributed by atoms with Crippen molar-refractivity contribution in [3.8, 4) is 11.1 Å². The molecular formula is C32H36N2O13. The van der Waals surface area contributed by atoms with Crippen LogP contribution in [0.2, 0.25) is 0 Å². The number of amides is 2. The molecule has 1 heterocycles. The third-order valence-electron chi connectivity index (χ3n) is 7.43. The van der Waals surface area contributed by atoms with Crippen LogP contribution in [0.3, 0.4) is 0 Å². The van der Waals surface area contributed by atoms with Crippen LogP contribution in [0.15, 0.2) is 48.5 Å². The zero-order chi connectivity index (χ0) is 34.2. The van der Waals surface area contributed by atoms with E-state index in [0.717, 1.165) is 49.9 Å². The van der Waals surface area contributed by atoms with Crippen molar-refractivity contribution in [3.05, 3.63) is 59.7 Å². The molecule has 0 aromatic heterocycles. The Balaban J connectivity index is 1.48. The van der Waals surface area contributed by atoms with E-state index in [9.17, 15) is 33.9 Å². The van der Waals surface area contributed by atoms with Gasteiger partial charge in [-0.1, -0.05) is 48.5 Å². The van der Waals surface area contributed by atoms with Gasteiger partial charge in [0.2, 0.25) is 5.91 Å². The molecule has 1 aliphatic carbocycles. The predicted octanol–water partition coefficient (Wildman–Crippen LogP) is 1.65. The van der Waals surface area contributed by atoms with Gasteiger partial charge in [0.1, 0.15) is 25.4 Å². The number of fused-ring (bicyclic) bond motifs is 3. The highest BCUT2D eigenvalue weighted by Gasteiger charge is 2.51. The summed E-state index contributed by atoms with van der Waals surface area (Å²) in [5.41, 5.74) is 3.97. The molecular weight excluding hydrogens is 620 g/mol. The minimum atomic E-state index is -1.66. The molecule has 2 aromatic carbocycles. The molecule has 47 heavy (non-hydrogen) atoms. The number of hydrogen-bond donors (Lipinski definition) is 3. The number of benzene rings is 2. The van der Waals surface area contributed by atoms with Crippen molar-refractivity contribution in [3.63, 3.8) is 0 Å². The second-order valence-electron chi connectivity index (χ2n) is 10.9. The third kappa shape index (κ3) is 8.83. The van der Waals surface area contributed by atoms with Gasteiger partial charge in [0, 0.05) is 33.6 Å². The fourth-order valence-corrected chi connectivity index (χ4v) is 5.58. The molecule has 15 nitrogen and oxygen atoms in total. The van der Waals surface area contributed by atoms with Gasteiger partial charge in [-0.25, -0.2) is 9.59 Å². The van der Waals surface area contributed by atoms with Crippen molar-refractivity contribution in [2.24, 2.45) is 0 Å². The minimum Gasteiger partial charge on any atom is -0.480 e. The Morgan fingerprint density at radius 2 is 1.36 bits per heavy atom. The number of carboxylic acids is 1. The average Bonchev–Trinajstić information content (AvgIpc) is 3.32. The van der Waals surface area contributed by atoms with E-state index in [1.807, 2.05) is 48.5 Å². The lowest BCUT2D eigenvalue weighted by atomic mass is 9.96. The number of rotatable bonds is 12. The van der Waals surface area contributed by atoms with E-state index in [4.69, 9.17) is 28.4 Å². The molecule has 1 unspecified atom stereocenters. The highest BCUT2D eigenvalue weighted by molar-refractivity contribution is 5.81. The molecule has 0 bridgehead atoms. The number of carboxylic acid groups (broad SMARTS) is 1. The summed E-state index contributed by atoms with van der Waals surface area (Å²) < 4.78 is 32.8. The number of carbonyl (C=O) groups excluding carboxylic acids is 5. The first-order chi connectivity index (χ1) is 22.3. The lowest BCUT2D eigenvalue weighted by molar-refractivity contribution is -0.278. The largest absolute Gasteiger partial charge is 0.480 e. The van der Waals surface area contributed by atoms with Crippen molar-refractivity contribution in [1.82, 2.24) is 10.6 Å². The summed E-state index contributed by atoms with van der Waals surface area (Å²) >= 11 is 0. The number of aliphatic carboxylic acids is 1. The molecule has 1 aliphatic heterocycles. The maximum atomic E-state index is 12.8. The van der Waals surface area contributed by atoms with Crippen LogP contribution >= 0.6 is 0 Å². The molecule has 0 spiro atoms. The maximum absolute atomic E-state index is 12.8. The fourth-order valence-electron chi connectivity index (χ4n) is 5.58. The summed E-state index contributed by atoms with van der Waals surface area (Å²) in [5, 5.41) is 14.6. The van der Waals surface area contributed by atoms with E-state index in [1.165, 1.54) is 0 Å². The number of esters is 3. The molecule has 15 heteroatoms. The van der Waals surface area contributed by atoms with E-state index in [1.54, 1.807) is 0 Å². The Morgan fingerprint density at radius 1 is 0.787 bits per heavy atom. The highest BCUT2D eigenvalue weighted by atomic mass is 16.7. The fraction of sp³-hybridized carbons (Fsp3) is 0.438. The van der Waals surface area contributed by atoms with Crippen LogP contribution in [-0.4, -0.2) is 97.5 Å². The summed E-state index contributed by atoms with van der Waals surface area (Å²) in [6.45, 7) is 3.23. The first kappa shape index (κ1) is 34.8. The normalized spacial score (nSPS) is 22.1. The van der Waals surface area contributed by atoms with Crippen LogP contribution in [0.4, 0.5) is 4.79 Å². The molecule has 0 radical (unpaired) electrons. The molecule has 2 aromatic rings. The Hall–Kier alpha value is -5.02. The Labute approximate surface area is 269 Å². The molecule has 0 saturated carbocycles. The smallest absolute Gasteiger partial charge is 0.407 e. The Morgan fingerprint density at radius 3 is 1.89 bits per heavy atom. The van der Waals surface area contributed by atoms with Gasteiger partial charge in [0.05, 0.1) is 6.61 Å². The average molecular weight is 657 g/mol. The van der Waals surface area contributed by atoms with Gasteiger partial charge in [-0.2, -0.15) is 0 Å². The van der Waals surface area contributed by atoms with Gasteiger partial charge in [-0.05, 0) is 22.3 Å².